The summed E-state index contributed by atoms with van der Waals surface area (Å²) < 4.78 is 5.32. The third-order valence-corrected chi connectivity index (χ3v) is 12.3. The lowest BCUT2D eigenvalue weighted by Crippen LogP contribution is -2.51. The van der Waals surface area contributed by atoms with E-state index in [9.17, 15) is 4.79 Å². The van der Waals surface area contributed by atoms with Crippen molar-refractivity contribution in [3.8, 4) is 0 Å². The lowest BCUT2D eigenvalue weighted by atomic mass is 9.81. The van der Waals surface area contributed by atoms with Crippen molar-refractivity contribution in [2.75, 3.05) is 0 Å². The molecule has 0 N–H and O–H groups in total. The summed E-state index contributed by atoms with van der Waals surface area (Å²) in [5, 5.41) is 0. The van der Waals surface area contributed by atoms with Crippen LogP contribution in [0.4, 0.5) is 0 Å². The van der Waals surface area contributed by atoms with Gasteiger partial charge in [-0.25, -0.2) is 0 Å². The van der Waals surface area contributed by atoms with Crippen LogP contribution >= 0.6 is 34.0 Å². The molecule has 0 amide bonds. The van der Waals surface area contributed by atoms with E-state index < -0.39 is 0 Å². The van der Waals surface area contributed by atoms with Crippen molar-refractivity contribution in [1.82, 2.24) is 4.90 Å². The van der Waals surface area contributed by atoms with E-state index in [0.29, 0.717) is 0 Å². The molecule has 0 atom stereocenters. The number of hydrogen-bond acceptors (Lipinski definition) is 5. The summed E-state index contributed by atoms with van der Waals surface area (Å²) >= 11 is 5.37. The predicted octanol–water partition coefficient (Wildman–Crippen LogP) is 9.53. The van der Waals surface area contributed by atoms with Gasteiger partial charge in [0.15, 0.2) is 6.29 Å². The number of allylic oxidation sites excluding steroid dienone is 1. The number of hydrogen-bond donors (Lipinski definition) is 0. The Kier molecular flexibility index (Phi) is 7.25. The van der Waals surface area contributed by atoms with Gasteiger partial charge < -0.3 is 0 Å². The first-order valence-corrected chi connectivity index (χ1v) is 16.1. The number of carbonyl (C=O) groups excluding carboxylic acids is 1. The van der Waals surface area contributed by atoms with Crippen molar-refractivity contribution in [3.63, 3.8) is 0 Å². The monoisotopic (exact) mass is 511 g/mol. The summed E-state index contributed by atoms with van der Waals surface area (Å²) in [5.41, 5.74) is 0. The Hall–Kier alpha value is -1.01. The van der Waals surface area contributed by atoms with Crippen LogP contribution in [-0.2, 0) is 0 Å². The van der Waals surface area contributed by atoms with Crippen molar-refractivity contribution in [3.05, 3.63) is 28.0 Å². The van der Waals surface area contributed by atoms with Crippen LogP contribution in [0.2, 0.25) is 0 Å². The van der Waals surface area contributed by atoms with Crippen molar-refractivity contribution in [1.29, 1.82) is 0 Å². The summed E-state index contributed by atoms with van der Waals surface area (Å²) in [6, 6.07) is 6.99. The van der Waals surface area contributed by atoms with E-state index in [4.69, 9.17) is 0 Å². The van der Waals surface area contributed by atoms with Crippen LogP contribution in [0.15, 0.2) is 18.2 Å². The van der Waals surface area contributed by atoms with Gasteiger partial charge in [-0.2, -0.15) is 0 Å². The fourth-order valence-corrected chi connectivity index (χ4v) is 10.8. The molecule has 0 aromatic carbocycles. The van der Waals surface area contributed by atoms with E-state index in [0.717, 1.165) is 35.2 Å². The number of fused-ring (bicyclic) bond motifs is 3. The molecule has 0 spiro atoms. The van der Waals surface area contributed by atoms with Crippen LogP contribution in [0.25, 0.3) is 24.9 Å². The molecular weight excluding hydrogens is 475 g/mol. The van der Waals surface area contributed by atoms with E-state index in [2.05, 4.69) is 23.1 Å². The zero-order chi connectivity index (χ0) is 22.9. The van der Waals surface area contributed by atoms with Gasteiger partial charge in [-0.3, -0.25) is 9.69 Å². The second kappa shape index (κ2) is 10.5. The number of rotatable bonds is 6. The van der Waals surface area contributed by atoms with Gasteiger partial charge in [-0.05, 0) is 75.5 Å². The molecule has 0 aliphatic heterocycles. The van der Waals surface area contributed by atoms with Crippen LogP contribution in [0.5, 0.6) is 0 Å². The molecule has 0 bridgehead atoms. The van der Waals surface area contributed by atoms with E-state index in [1.54, 1.807) is 11.3 Å². The van der Waals surface area contributed by atoms with Gasteiger partial charge in [0, 0.05) is 32.4 Å². The molecule has 2 nitrogen and oxygen atoms in total. The molecule has 3 aliphatic carbocycles. The average molecular weight is 512 g/mol. The Morgan fingerprint density at radius 2 is 1.18 bits per heavy atom. The fraction of sp³-hybridized carbons (Fsp3) is 0.621. The SMILES string of the molecule is O=Cc1cc2sc3cc(/C=C/C4CCC(N(C5CCCCC5)C5CCCCC5)CC4)sc3c2s1. The molecule has 3 aromatic rings. The molecule has 0 unspecified atom stereocenters. The van der Waals surface area contributed by atoms with E-state index in [1.165, 1.54) is 114 Å². The summed E-state index contributed by atoms with van der Waals surface area (Å²) in [6.07, 6.45) is 26.0. The maximum atomic E-state index is 11.1. The standard InChI is InChI=1S/C29H37NOS3/c31-19-25-18-27-29(33-25)28-26(34-27)17-24(32-28)16-13-20-11-14-23(15-12-20)30(21-7-3-1-4-8-21)22-9-5-2-6-10-22/h13,16-23H,1-12,14-15H2/b16-13+. The van der Waals surface area contributed by atoms with Crippen molar-refractivity contribution in [2.24, 2.45) is 5.92 Å². The minimum absolute atomic E-state index is 0.736. The maximum Gasteiger partial charge on any atom is 0.160 e. The second-order valence-electron chi connectivity index (χ2n) is 10.9. The Morgan fingerprint density at radius 1 is 0.647 bits per heavy atom. The van der Waals surface area contributed by atoms with Gasteiger partial charge in [-0.15, -0.1) is 34.0 Å². The van der Waals surface area contributed by atoms with E-state index >= 15 is 0 Å². The molecular formula is C29H37NOS3. The van der Waals surface area contributed by atoms with Gasteiger partial charge in [0.1, 0.15) is 0 Å². The van der Waals surface area contributed by atoms with Gasteiger partial charge in [0.25, 0.3) is 0 Å². The maximum absolute atomic E-state index is 11.1. The highest BCUT2D eigenvalue weighted by Gasteiger charge is 2.35. The Balaban J connectivity index is 1.11. The lowest BCUT2D eigenvalue weighted by molar-refractivity contribution is 0.0182. The number of aldehydes is 1. The second-order valence-corrected chi connectivity index (χ2v) is 14.1. The molecule has 182 valence electrons. The minimum atomic E-state index is 0.736. The summed E-state index contributed by atoms with van der Waals surface area (Å²) in [4.78, 5) is 16.5. The van der Waals surface area contributed by atoms with E-state index in [-0.39, 0.29) is 0 Å². The van der Waals surface area contributed by atoms with Crippen LogP contribution in [-0.4, -0.2) is 29.3 Å². The first kappa shape index (κ1) is 23.4. The molecule has 3 fully saturated rings. The third-order valence-electron chi connectivity index (χ3n) is 8.66. The molecule has 5 heteroatoms. The van der Waals surface area contributed by atoms with Gasteiger partial charge in [0.05, 0.1) is 14.3 Å². The molecule has 34 heavy (non-hydrogen) atoms. The normalized spacial score (nSPS) is 25.8. The summed E-state index contributed by atoms with van der Waals surface area (Å²) in [6.45, 7) is 0. The first-order valence-electron chi connectivity index (χ1n) is 13.6. The number of carbonyl (C=O) groups is 1. The van der Waals surface area contributed by atoms with Crippen molar-refractivity contribution >= 4 is 65.2 Å². The Morgan fingerprint density at radius 3 is 1.76 bits per heavy atom. The Bertz CT molecular complexity index is 1120. The summed E-state index contributed by atoms with van der Waals surface area (Å²) in [7, 11) is 0. The highest BCUT2D eigenvalue weighted by molar-refractivity contribution is 7.39. The third kappa shape index (κ3) is 4.83. The van der Waals surface area contributed by atoms with Gasteiger partial charge in [0.2, 0.25) is 0 Å². The quantitative estimate of drug-likeness (QED) is 0.307. The smallest absolute Gasteiger partial charge is 0.160 e. The molecule has 3 saturated carbocycles. The molecule has 6 rings (SSSR count). The molecule has 0 radical (unpaired) electrons. The van der Waals surface area contributed by atoms with Gasteiger partial charge in [-0.1, -0.05) is 44.6 Å². The first-order chi connectivity index (χ1) is 16.8. The zero-order valence-electron chi connectivity index (χ0n) is 20.2. The zero-order valence-corrected chi connectivity index (χ0v) is 22.6. The number of thiophene rings is 3. The van der Waals surface area contributed by atoms with Crippen LogP contribution in [0.3, 0.4) is 0 Å². The van der Waals surface area contributed by atoms with Crippen molar-refractivity contribution < 1.29 is 4.79 Å². The van der Waals surface area contributed by atoms with Crippen LogP contribution in [0.1, 0.15) is 104 Å². The average Bonchev–Trinajstić information content (AvgIpc) is 3.55. The van der Waals surface area contributed by atoms with Crippen molar-refractivity contribution in [2.45, 2.75) is 108 Å². The van der Waals surface area contributed by atoms with E-state index in [1.807, 2.05) is 28.7 Å². The van der Waals surface area contributed by atoms with Crippen LogP contribution < -0.4 is 0 Å². The molecule has 0 saturated heterocycles. The summed E-state index contributed by atoms with van der Waals surface area (Å²) in [5.74, 6) is 0.736. The molecule has 3 aromatic heterocycles. The molecule has 3 heterocycles. The largest absolute Gasteiger partial charge is 0.297 e. The Labute approximate surface area is 216 Å². The molecule has 3 aliphatic rings. The predicted molar refractivity (Wildman–Crippen MR) is 151 cm³/mol. The highest BCUT2D eigenvalue weighted by Crippen LogP contribution is 2.44. The highest BCUT2D eigenvalue weighted by atomic mass is 32.1. The lowest BCUT2D eigenvalue weighted by Gasteiger charge is -2.48. The topological polar surface area (TPSA) is 20.3 Å². The fourth-order valence-electron chi connectivity index (χ4n) is 6.99. The van der Waals surface area contributed by atoms with Gasteiger partial charge >= 0.3 is 0 Å². The van der Waals surface area contributed by atoms with Crippen LogP contribution in [0, 0.1) is 5.92 Å². The minimum Gasteiger partial charge on any atom is -0.297 e. The number of nitrogens with zero attached hydrogens (tertiary/aromatic N) is 1.